The molecular formula is C16H23N3OS. The first kappa shape index (κ1) is 15.9. The summed E-state index contributed by atoms with van der Waals surface area (Å²) in [5, 5.41) is 0. The van der Waals surface area contributed by atoms with E-state index in [1.807, 2.05) is 25.1 Å². The number of carbonyl (C=O) groups excluding carboxylic acids is 1. The van der Waals surface area contributed by atoms with Gasteiger partial charge in [0, 0.05) is 18.2 Å². The first-order chi connectivity index (χ1) is 9.97. The number of aryl methyl sites for hydroxylation is 1. The van der Waals surface area contributed by atoms with E-state index in [9.17, 15) is 4.79 Å². The molecule has 1 aromatic carbocycles. The number of carbonyl (C=O) groups is 1. The highest BCUT2D eigenvalue weighted by atomic mass is 32.1. The zero-order chi connectivity index (χ0) is 15.4. The largest absolute Gasteiger partial charge is 0.389 e. The molecule has 5 heteroatoms. The number of hydrogen-bond donors (Lipinski definition) is 2. The van der Waals surface area contributed by atoms with Gasteiger partial charge in [0.15, 0.2) is 0 Å². The van der Waals surface area contributed by atoms with Crippen LogP contribution < -0.4 is 11.5 Å². The molecule has 0 heterocycles. The molecular weight excluding hydrogens is 282 g/mol. The van der Waals surface area contributed by atoms with Crippen LogP contribution in [0.4, 0.5) is 0 Å². The normalized spacial score (nSPS) is 15.5. The first-order valence-corrected chi connectivity index (χ1v) is 7.80. The van der Waals surface area contributed by atoms with Crippen LogP contribution in [0.2, 0.25) is 0 Å². The fraction of sp³-hybridized carbons (Fsp3) is 0.500. The Morgan fingerprint density at radius 1 is 1.33 bits per heavy atom. The van der Waals surface area contributed by atoms with Crippen LogP contribution in [0, 0.1) is 6.92 Å². The van der Waals surface area contributed by atoms with Crippen LogP contribution in [0.3, 0.4) is 0 Å². The number of rotatable bonds is 6. The molecule has 0 radical (unpaired) electrons. The topological polar surface area (TPSA) is 72.3 Å². The SMILES string of the molecule is Cc1cc(C(N)=S)ccc1CN(CC(N)=O)C1CCCC1. The second-order valence-electron chi connectivity index (χ2n) is 5.82. The molecule has 4 nitrogen and oxygen atoms in total. The molecule has 0 unspecified atom stereocenters. The zero-order valence-corrected chi connectivity index (χ0v) is 13.3. The van der Waals surface area contributed by atoms with Crippen molar-refractivity contribution < 1.29 is 4.79 Å². The number of amides is 1. The van der Waals surface area contributed by atoms with Crippen LogP contribution in [0.15, 0.2) is 18.2 Å². The summed E-state index contributed by atoms with van der Waals surface area (Å²) in [4.78, 5) is 13.9. The smallest absolute Gasteiger partial charge is 0.231 e. The second kappa shape index (κ2) is 7.00. The summed E-state index contributed by atoms with van der Waals surface area (Å²) in [5.74, 6) is -0.265. The molecule has 1 aliphatic rings. The van der Waals surface area contributed by atoms with Crippen LogP contribution in [-0.4, -0.2) is 28.4 Å². The van der Waals surface area contributed by atoms with Crippen molar-refractivity contribution in [2.75, 3.05) is 6.54 Å². The van der Waals surface area contributed by atoms with E-state index in [1.165, 1.54) is 18.4 Å². The lowest BCUT2D eigenvalue weighted by molar-refractivity contribution is -0.119. The Hall–Kier alpha value is -1.46. The molecule has 0 atom stereocenters. The monoisotopic (exact) mass is 305 g/mol. The van der Waals surface area contributed by atoms with E-state index in [1.54, 1.807) is 0 Å². The van der Waals surface area contributed by atoms with Crippen molar-refractivity contribution in [3.8, 4) is 0 Å². The van der Waals surface area contributed by atoms with Crippen molar-refractivity contribution in [3.63, 3.8) is 0 Å². The maximum absolute atomic E-state index is 11.3. The Morgan fingerprint density at radius 2 is 2.00 bits per heavy atom. The number of primary amides is 1. The molecule has 1 aromatic rings. The quantitative estimate of drug-likeness (QED) is 0.787. The first-order valence-electron chi connectivity index (χ1n) is 7.39. The molecule has 0 aliphatic heterocycles. The third-order valence-corrected chi connectivity index (χ3v) is 4.44. The molecule has 0 spiro atoms. The number of nitrogens with zero attached hydrogens (tertiary/aromatic N) is 1. The number of hydrogen-bond acceptors (Lipinski definition) is 3. The minimum Gasteiger partial charge on any atom is -0.389 e. The molecule has 0 saturated heterocycles. The average Bonchev–Trinajstić information content (AvgIpc) is 2.93. The van der Waals surface area contributed by atoms with Gasteiger partial charge >= 0.3 is 0 Å². The molecule has 0 aromatic heterocycles. The lowest BCUT2D eigenvalue weighted by Gasteiger charge is -2.28. The maximum atomic E-state index is 11.3. The predicted octanol–water partition coefficient (Wildman–Crippen LogP) is 1.86. The van der Waals surface area contributed by atoms with Gasteiger partial charge in [0.25, 0.3) is 0 Å². The van der Waals surface area contributed by atoms with Crippen molar-refractivity contribution in [1.29, 1.82) is 0 Å². The molecule has 1 aliphatic carbocycles. The fourth-order valence-corrected chi connectivity index (χ4v) is 3.16. The third-order valence-electron chi connectivity index (χ3n) is 4.20. The molecule has 0 bridgehead atoms. The summed E-state index contributed by atoms with van der Waals surface area (Å²) in [6.45, 7) is 3.12. The summed E-state index contributed by atoms with van der Waals surface area (Å²) < 4.78 is 0. The van der Waals surface area contributed by atoms with Gasteiger partial charge in [0.2, 0.25) is 5.91 Å². The van der Waals surface area contributed by atoms with Crippen LogP contribution in [0.25, 0.3) is 0 Å². The van der Waals surface area contributed by atoms with Crippen molar-refractivity contribution in [3.05, 3.63) is 34.9 Å². The van der Waals surface area contributed by atoms with Crippen LogP contribution in [0.5, 0.6) is 0 Å². The van der Waals surface area contributed by atoms with E-state index in [-0.39, 0.29) is 5.91 Å². The lowest BCUT2D eigenvalue weighted by Crippen LogP contribution is -2.39. The van der Waals surface area contributed by atoms with Gasteiger partial charge in [0.05, 0.1) is 6.54 Å². The Morgan fingerprint density at radius 3 is 2.52 bits per heavy atom. The van der Waals surface area contributed by atoms with Crippen LogP contribution in [0.1, 0.15) is 42.4 Å². The van der Waals surface area contributed by atoms with E-state index in [2.05, 4.69) is 4.90 Å². The highest BCUT2D eigenvalue weighted by Gasteiger charge is 2.24. The van der Waals surface area contributed by atoms with Gasteiger partial charge in [-0.05, 0) is 37.0 Å². The van der Waals surface area contributed by atoms with Crippen molar-refractivity contribution in [2.24, 2.45) is 11.5 Å². The number of thiocarbonyl (C=S) groups is 1. The lowest BCUT2D eigenvalue weighted by atomic mass is 10.0. The Kier molecular flexibility index (Phi) is 5.31. The minimum atomic E-state index is -0.265. The summed E-state index contributed by atoms with van der Waals surface area (Å²) in [6, 6.07) is 6.47. The molecule has 21 heavy (non-hydrogen) atoms. The molecule has 2 rings (SSSR count). The Balaban J connectivity index is 2.15. The summed E-state index contributed by atoms with van der Waals surface area (Å²) in [5.41, 5.74) is 14.3. The Labute approximate surface area is 131 Å². The van der Waals surface area contributed by atoms with Gasteiger partial charge in [-0.2, -0.15) is 0 Å². The van der Waals surface area contributed by atoms with Gasteiger partial charge in [-0.1, -0.05) is 37.2 Å². The van der Waals surface area contributed by atoms with E-state index >= 15 is 0 Å². The molecule has 4 N–H and O–H groups in total. The zero-order valence-electron chi connectivity index (χ0n) is 12.5. The summed E-state index contributed by atoms with van der Waals surface area (Å²) in [7, 11) is 0. The van der Waals surface area contributed by atoms with Gasteiger partial charge in [-0.15, -0.1) is 0 Å². The molecule has 1 saturated carbocycles. The Bertz CT molecular complexity index is 538. The van der Waals surface area contributed by atoms with E-state index in [0.29, 0.717) is 17.6 Å². The van der Waals surface area contributed by atoms with Crippen molar-refractivity contribution in [1.82, 2.24) is 4.90 Å². The van der Waals surface area contributed by atoms with E-state index < -0.39 is 0 Å². The standard InChI is InChI=1S/C16H23N3OS/c1-11-8-12(16(18)21)6-7-13(11)9-19(10-15(17)20)14-4-2-3-5-14/h6-8,14H,2-5,9-10H2,1H3,(H2,17,20)(H2,18,21). The highest BCUT2D eigenvalue weighted by molar-refractivity contribution is 7.80. The average molecular weight is 305 g/mol. The fourth-order valence-electron chi connectivity index (χ4n) is 3.03. The predicted molar refractivity (Wildman–Crippen MR) is 88.9 cm³/mol. The second-order valence-corrected chi connectivity index (χ2v) is 6.25. The molecule has 1 fully saturated rings. The van der Waals surface area contributed by atoms with Crippen LogP contribution >= 0.6 is 12.2 Å². The maximum Gasteiger partial charge on any atom is 0.231 e. The van der Waals surface area contributed by atoms with Crippen molar-refractivity contribution in [2.45, 2.75) is 45.2 Å². The summed E-state index contributed by atoms with van der Waals surface area (Å²) in [6.07, 6.45) is 4.77. The summed E-state index contributed by atoms with van der Waals surface area (Å²) >= 11 is 5.00. The van der Waals surface area contributed by atoms with Gasteiger partial charge in [0.1, 0.15) is 4.99 Å². The van der Waals surface area contributed by atoms with Gasteiger partial charge < -0.3 is 11.5 Å². The third kappa shape index (κ3) is 4.25. The highest BCUT2D eigenvalue weighted by Crippen LogP contribution is 2.25. The van der Waals surface area contributed by atoms with E-state index in [4.69, 9.17) is 23.7 Å². The molecule has 114 valence electrons. The molecule has 1 amide bonds. The van der Waals surface area contributed by atoms with Gasteiger partial charge in [-0.3, -0.25) is 9.69 Å². The van der Waals surface area contributed by atoms with Gasteiger partial charge in [-0.25, -0.2) is 0 Å². The van der Waals surface area contributed by atoms with Crippen LogP contribution in [-0.2, 0) is 11.3 Å². The number of benzene rings is 1. The van der Waals surface area contributed by atoms with E-state index in [0.717, 1.165) is 30.5 Å². The number of nitrogens with two attached hydrogens (primary N) is 2. The van der Waals surface area contributed by atoms with Crippen molar-refractivity contribution >= 4 is 23.1 Å². The minimum absolute atomic E-state index is 0.265.